The molecule has 4 aromatic heterocycles. The fraction of sp³-hybridized carbons (Fsp3) is 0.0889. The molecule has 4 heterocycles. The van der Waals surface area contributed by atoms with Gasteiger partial charge in [0.25, 0.3) is 0 Å². The molecule has 0 fully saturated rings. The summed E-state index contributed by atoms with van der Waals surface area (Å²) in [5.41, 5.74) is 7.25. The second-order valence-electron chi connectivity index (χ2n) is 12.5. The van der Waals surface area contributed by atoms with E-state index in [1.54, 1.807) is 30.7 Å². The summed E-state index contributed by atoms with van der Waals surface area (Å²) in [5.74, 6) is -1.52. The summed E-state index contributed by atoms with van der Waals surface area (Å²) in [6.07, 6.45) is 8.32. The van der Waals surface area contributed by atoms with E-state index in [0.29, 0.717) is 23.0 Å². The van der Waals surface area contributed by atoms with E-state index in [0.717, 1.165) is 72.3 Å². The minimum atomic E-state index is -0.686. The number of aromatic nitrogens is 6. The number of rotatable bonds is 10. The molecule has 0 aliphatic carbocycles. The van der Waals surface area contributed by atoms with Crippen molar-refractivity contribution in [2.75, 3.05) is 0 Å². The molecule has 0 atom stereocenters. The SMILES string of the molecule is Fc1c[c-]c(-c2ccc(CCc3cccc(CCc4ccc(-c5[c-]cc(F)cc5F)nc4)c3)cn2)c(F)c1.[Ir+3].c1ccc(-c2n[n-]c(-c3ccccn3)n2)cc1. The summed E-state index contributed by atoms with van der Waals surface area (Å²) < 4.78 is 54.2. The monoisotopic (exact) mass is 924 g/mol. The molecule has 0 radical (unpaired) electrons. The van der Waals surface area contributed by atoms with Crippen LogP contribution in [-0.4, -0.2) is 25.0 Å². The third kappa shape index (κ3) is 10.3. The first-order valence-electron chi connectivity index (χ1n) is 17.4. The molecular weight excluding hydrogens is 893 g/mol. The van der Waals surface area contributed by atoms with Crippen LogP contribution in [0.4, 0.5) is 17.6 Å². The van der Waals surface area contributed by atoms with Crippen molar-refractivity contribution in [3.63, 3.8) is 0 Å². The zero-order valence-corrected chi connectivity index (χ0v) is 32.0. The van der Waals surface area contributed by atoms with E-state index >= 15 is 0 Å². The van der Waals surface area contributed by atoms with Crippen LogP contribution in [0.2, 0.25) is 0 Å². The van der Waals surface area contributed by atoms with E-state index in [1.165, 1.54) is 11.1 Å². The maximum Gasteiger partial charge on any atom is 3.00 e. The Morgan fingerprint density at radius 1 is 0.518 bits per heavy atom. The Morgan fingerprint density at radius 3 is 1.57 bits per heavy atom. The van der Waals surface area contributed by atoms with Crippen LogP contribution in [0.3, 0.4) is 0 Å². The van der Waals surface area contributed by atoms with Gasteiger partial charge in [0.1, 0.15) is 0 Å². The molecule has 0 amide bonds. The fourth-order valence-corrected chi connectivity index (χ4v) is 5.79. The molecule has 278 valence electrons. The minimum Gasteiger partial charge on any atom is -0.417 e. The van der Waals surface area contributed by atoms with Gasteiger partial charge in [-0.15, -0.1) is 24.3 Å². The van der Waals surface area contributed by atoms with Gasteiger partial charge in [0.05, 0.1) is 11.5 Å². The zero-order chi connectivity index (χ0) is 38.0. The van der Waals surface area contributed by atoms with Crippen molar-refractivity contribution in [1.29, 1.82) is 0 Å². The Hall–Kier alpha value is -6.16. The molecule has 6 nitrogen and oxygen atoms in total. The number of nitrogens with zero attached hydrogens (tertiary/aromatic N) is 6. The van der Waals surface area contributed by atoms with Crippen LogP contribution in [0.1, 0.15) is 22.3 Å². The Morgan fingerprint density at radius 2 is 1.07 bits per heavy atom. The quantitative estimate of drug-likeness (QED) is 0.101. The van der Waals surface area contributed by atoms with Gasteiger partial charge < -0.3 is 20.1 Å². The third-order valence-corrected chi connectivity index (χ3v) is 8.65. The summed E-state index contributed by atoms with van der Waals surface area (Å²) in [6, 6.07) is 40.1. The van der Waals surface area contributed by atoms with Gasteiger partial charge in [0.15, 0.2) is 0 Å². The van der Waals surface area contributed by atoms with Crippen LogP contribution >= 0.6 is 0 Å². The molecule has 0 saturated heterocycles. The largest absolute Gasteiger partial charge is 3.00 e. The fourth-order valence-electron chi connectivity index (χ4n) is 5.79. The minimum absolute atomic E-state index is 0. The van der Waals surface area contributed by atoms with Crippen molar-refractivity contribution in [1.82, 2.24) is 30.1 Å². The molecule has 0 N–H and O–H groups in total. The van der Waals surface area contributed by atoms with Crippen molar-refractivity contribution in [3.05, 3.63) is 198 Å². The molecule has 56 heavy (non-hydrogen) atoms. The van der Waals surface area contributed by atoms with E-state index in [-0.39, 0.29) is 31.2 Å². The molecule has 8 aromatic rings. The molecule has 0 spiro atoms. The van der Waals surface area contributed by atoms with Crippen LogP contribution in [0.15, 0.2) is 140 Å². The second-order valence-corrected chi connectivity index (χ2v) is 12.5. The van der Waals surface area contributed by atoms with Crippen molar-refractivity contribution in [2.45, 2.75) is 25.7 Å². The Labute approximate surface area is 335 Å². The van der Waals surface area contributed by atoms with Gasteiger partial charge in [0, 0.05) is 41.9 Å². The van der Waals surface area contributed by atoms with Gasteiger partial charge >= 0.3 is 20.1 Å². The van der Waals surface area contributed by atoms with Crippen molar-refractivity contribution in [2.24, 2.45) is 0 Å². The zero-order valence-electron chi connectivity index (χ0n) is 29.6. The maximum absolute atomic E-state index is 14.0. The summed E-state index contributed by atoms with van der Waals surface area (Å²) in [6.45, 7) is 0. The van der Waals surface area contributed by atoms with Crippen LogP contribution in [0.5, 0.6) is 0 Å². The number of pyridine rings is 3. The molecule has 8 rings (SSSR count). The molecule has 0 aliphatic rings. The summed E-state index contributed by atoms with van der Waals surface area (Å²) in [5, 5.41) is 8.10. The molecule has 0 bridgehead atoms. The molecule has 0 aliphatic heterocycles. The van der Waals surface area contributed by atoms with Gasteiger partial charge in [-0.2, -0.15) is 0 Å². The van der Waals surface area contributed by atoms with Gasteiger partial charge in [0.2, 0.25) is 0 Å². The van der Waals surface area contributed by atoms with Gasteiger partial charge in [-0.05, 0) is 82.8 Å². The van der Waals surface area contributed by atoms with E-state index in [4.69, 9.17) is 0 Å². The molecule has 0 unspecified atom stereocenters. The van der Waals surface area contributed by atoms with Crippen LogP contribution in [0, 0.1) is 35.4 Å². The van der Waals surface area contributed by atoms with Gasteiger partial charge in [-0.25, -0.2) is 0 Å². The predicted octanol–water partition coefficient (Wildman–Crippen LogP) is 9.70. The standard InChI is InChI=1S/C32H22F4N2.C13H9N4.Ir/c33-25-10-12-27(29(35)17-25)31-14-8-23(19-37-31)6-4-21-2-1-3-22(16-21)5-7-24-9-15-32(38-20-24)28-13-11-26(34)18-30(28)36;1-2-6-10(7-3-1)12-15-13(17-16-12)11-8-4-5-9-14-11;/h1-3,8-11,14-20H,4-7H2;1-9H;/q-2;-1;+3. The number of benzene rings is 4. The molecule has 11 heteroatoms. The van der Waals surface area contributed by atoms with Gasteiger partial charge in [-0.3, -0.25) is 27.6 Å². The first-order chi connectivity index (χ1) is 26.9. The van der Waals surface area contributed by atoms with E-state index < -0.39 is 23.3 Å². The Balaban J connectivity index is 0.000000246. The smallest absolute Gasteiger partial charge is 0.417 e. The van der Waals surface area contributed by atoms with Crippen molar-refractivity contribution < 1.29 is 37.7 Å². The van der Waals surface area contributed by atoms with Gasteiger partial charge in [-0.1, -0.05) is 108 Å². The van der Waals surface area contributed by atoms with Crippen molar-refractivity contribution in [3.8, 4) is 45.4 Å². The van der Waals surface area contributed by atoms with E-state index in [1.807, 2.05) is 66.7 Å². The van der Waals surface area contributed by atoms with Crippen LogP contribution < -0.4 is 5.10 Å². The molecular formula is C45H31F4IrN6. The number of halogens is 4. The molecule has 0 saturated carbocycles. The summed E-state index contributed by atoms with van der Waals surface area (Å²) >= 11 is 0. The average Bonchev–Trinajstić information content (AvgIpc) is 3.72. The normalized spacial score (nSPS) is 10.6. The van der Waals surface area contributed by atoms with Crippen LogP contribution in [-0.2, 0) is 45.8 Å². The first kappa shape index (κ1) is 39.5. The number of hydrogen-bond donors (Lipinski definition) is 0. The summed E-state index contributed by atoms with van der Waals surface area (Å²) in [4.78, 5) is 17.2. The van der Waals surface area contributed by atoms with E-state index in [2.05, 4.69) is 60.5 Å². The maximum atomic E-state index is 14.0. The average molecular weight is 924 g/mol. The second kappa shape index (κ2) is 18.9. The number of aryl methyl sites for hydroxylation is 4. The predicted molar refractivity (Wildman–Crippen MR) is 202 cm³/mol. The topological polar surface area (TPSA) is 78.5 Å². The van der Waals surface area contributed by atoms with Crippen molar-refractivity contribution >= 4 is 0 Å². The Kier molecular flexibility index (Phi) is 13.4. The first-order valence-corrected chi connectivity index (χ1v) is 17.4. The third-order valence-electron chi connectivity index (χ3n) is 8.65. The van der Waals surface area contributed by atoms with Crippen LogP contribution in [0.25, 0.3) is 45.4 Å². The molecule has 4 aromatic carbocycles. The Bertz CT molecular complexity index is 2310. The van der Waals surface area contributed by atoms with E-state index in [9.17, 15) is 17.6 Å². The summed E-state index contributed by atoms with van der Waals surface area (Å²) in [7, 11) is 0. The number of hydrogen-bond acceptors (Lipinski definition) is 5.